The van der Waals surface area contributed by atoms with Gasteiger partial charge in [0.15, 0.2) is 0 Å². The number of methoxy groups -OCH3 is 1. The van der Waals surface area contributed by atoms with E-state index in [0.717, 1.165) is 25.7 Å². The number of nitrogens with zero attached hydrogens (tertiary/aromatic N) is 1. The average Bonchev–Trinajstić information content (AvgIpc) is 2.56. The molecule has 0 atom stereocenters. The van der Waals surface area contributed by atoms with Gasteiger partial charge in [-0.1, -0.05) is 11.6 Å². The fourth-order valence-electron chi connectivity index (χ4n) is 2.91. The normalized spacial score (nSPS) is 19.9. The van der Waals surface area contributed by atoms with E-state index in [2.05, 4.69) is 15.6 Å². The monoisotopic (exact) mass is 398 g/mol. The van der Waals surface area contributed by atoms with Crippen LogP contribution in [0.3, 0.4) is 0 Å². The van der Waals surface area contributed by atoms with Gasteiger partial charge in [0.1, 0.15) is 17.5 Å². The van der Waals surface area contributed by atoms with E-state index in [0.29, 0.717) is 10.8 Å². The number of hydrogen-bond acceptors (Lipinski definition) is 6. The summed E-state index contributed by atoms with van der Waals surface area (Å²) in [6, 6.07) is 1.58. The van der Waals surface area contributed by atoms with Gasteiger partial charge in [0.05, 0.1) is 12.1 Å². The topological polar surface area (TPSA) is 116 Å². The average molecular weight is 399 g/mol. The first kappa shape index (κ1) is 21.1. The Morgan fingerprint density at radius 2 is 1.89 bits per heavy atom. The maximum atomic E-state index is 11.9. The lowest BCUT2D eigenvalue weighted by Gasteiger charge is -2.30. The summed E-state index contributed by atoms with van der Waals surface area (Å²) in [5.74, 6) is -0.0855. The highest BCUT2D eigenvalue weighted by Crippen LogP contribution is 2.30. The van der Waals surface area contributed by atoms with Crippen LogP contribution in [0, 0.1) is 0 Å². The molecule has 0 saturated heterocycles. The second-order valence-electron chi connectivity index (χ2n) is 7.64. The van der Waals surface area contributed by atoms with Crippen LogP contribution in [0.2, 0.25) is 5.02 Å². The maximum Gasteiger partial charge on any atom is 0.407 e. The van der Waals surface area contributed by atoms with Gasteiger partial charge in [-0.25, -0.2) is 4.79 Å². The third kappa shape index (κ3) is 6.16. The first-order valence-electron chi connectivity index (χ1n) is 8.88. The largest absolute Gasteiger partial charge is 0.480 e. The molecule has 1 saturated carbocycles. The molecule has 1 aliphatic carbocycles. The smallest absolute Gasteiger partial charge is 0.407 e. The molecule has 0 bridgehead atoms. The van der Waals surface area contributed by atoms with Gasteiger partial charge in [0.2, 0.25) is 5.88 Å². The molecule has 8 nitrogen and oxygen atoms in total. The van der Waals surface area contributed by atoms with E-state index >= 15 is 0 Å². The number of alkyl carbamates (subject to hydrolysis) is 1. The molecule has 0 aromatic carbocycles. The van der Waals surface area contributed by atoms with Crippen LogP contribution in [0.1, 0.15) is 56.8 Å². The van der Waals surface area contributed by atoms with Gasteiger partial charge in [0, 0.05) is 11.6 Å². The van der Waals surface area contributed by atoms with E-state index in [1.165, 1.54) is 13.2 Å². The van der Waals surface area contributed by atoms with Gasteiger partial charge in [0.25, 0.3) is 5.91 Å². The highest BCUT2D eigenvalue weighted by molar-refractivity contribution is 6.33. The number of nitrogens with two attached hydrogens (primary N) is 1. The van der Waals surface area contributed by atoms with Gasteiger partial charge in [-0.3, -0.25) is 4.79 Å². The number of carbonyl (C=O) groups is 2. The van der Waals surface area contributed by atoms with E-state index in [9.17, 15) is 9.59 Å². The quantitative estimate of drug-likeness (QED) is 0.701. The molecule has 1 heterocycles. The predicted octanol–water partition coefficient (Wildman–Crippen LogP) is 3.09. The van der Waals surface area contributed by atoms with Crippen LogP contribution in [0.5, 0.6) is 5.88 Å². The number of nitrogens with one attached hydrogen (secondary N) is 2. The zero-order chi connectivity index (χ0) is 20.2. The Morgan fingerprint density at radius 1 is 1.26 bits per heavy atom. The number of hydrogen-bond donors (Lipinski definition) is 3. The molecule has 9 heteroatoms. The Kier molecular flexibility index (Phi) is 6.75. The van der Waals surface area contributed by atoms with Crippen LogP contribution >= 0.6 is 11.6 Å². The summed E-state index contributed by atoms with van der Waals surface area (Å²) in [4.78, 5) is 27.5. The first-order chi connectivity index (χ1) is 12.6. The van der Waals surface area contributed by atoms with Crippen molar-refractivity contribution in [3.05, 3.63) is 16.7 Å². The van der Waals surface area contributed by atoms with Crippen molar-refractivity contribution in [3.63, 3.8) is 0 Å². The Morgan fingerprint density at radius 3 is 2.41 bits per heavy atom. The molecule has 27 heavy (non-hydrogen) atoms. The Hall–Kier alpha value is -2.22. The molecule has 0 spiro atoms. The third-order valence-corrected chi connectivity index (χ3v) is 4.45. The summed E-state index contributed by atoms with van der Waals surface area (Å²) < 4.78 is 10.6. The molecule has 0 unspecified atom stereocenters. The van der Waals surface area contributed by atoms with Crippen molar-refractivity contribution in [3.8, 4) is 5.88 Å². The van der Waals surface area contributed by atoms with E-state index in [-0.39, 0.29) is 29.1 Å². The standard InChI is InChI=1S/C18H27ClN4O4/c1-18(2,3)23-17(25)27-11-7-5-10(6-8-11)21-15-13(19)9-12(14(20)24)16(22-15)26-4/h9-11H,5-8H2,1-4H3,(H2,20,24)(H,21,22)(H,23,25). The zero-order valence-electron chi connectivity index (χ0n) is 16.1. The van der Waals surface area contributed by atoms with E-state index in [1.54, 1.807) is 0 Å². The van der Waals surface area contributed by atoms with Crippen LogP contribution in [0.15, 0.2) is 6.07 Å². The van der Waals surface area contributed by atoms with Crippen molar-refractivity contribution < 1.29 is 19.1 Å². The van der Waals surface area contributed by atoms with Crippen molar-refractivity contribution in [1.29, 1.82) is 0 Å². The number of primary amides is 1. The van der Waals surface area contributed by atoms with Crippen molar-refractivity contribution in [2.24, 2.45) is 5.73 Å². The van der Waals surface area contributed by atoms with Crippen LogP contribution in [-0.4, -0.2) is 41.8 Å². The summed E-state index contributed by atoms with van der Waals surface area (Å²) in [6.07, 6.45) is 2.57. The summed E-state index contributed by atoms with van der Waals surface area (Å²) in [6.45, 7) is 5.72. The van der Waals surface area contributed by atoms with Crippen molar-refractivity contribution >= 4 is 29.4 Å². The highest BCUT2D eigenvalue weighted by Gasteiger charge is 2.26. The Labute approximate surface area is 164 Å². The lowest BCUT2D eigenvalue weighted by Crippen LogP contribution is -2.43. The number of amides is 2. The highest BCUT2D eigenvalue weighted by atomic mass is 35.5. The van der Waals surface area contributed by atoms with Gasteiger partial charge < -0.3 is 25.8 Å². The molecule has 1 aromatic rings. The van der Waals surface area contributed by atoms with Crippen molar-refractivity contribution in [2.45, 2.75) is 64.1 Å². The molecule has 2 amide bonds. The molecule has 2 rings (SSSR count). The van der Waals surface area contributed by atoms with E-state index < -0.39 is 12.0 Å². The number of pyridine rings is 1. The minimum Gasteiger partial charge on any atom is -0.480 e. The molecule has 1 fully saturated rings. The summed E-state index contributed by atoms with van der Waals surface area (Å²) in [5, 5.41) is 6.37. The molecular weight excluding hydrogens is 372 g/mol. The SMILES string of the molecule is COc1nc(NC2CCC(OC(=O)NC(C)(C)C)CC2)c(Cl)cc1C(N)=O. The number of rotatable bonds is 5. The summed E-state index contributed by atoms with van der Waals surface area (Å²) in [5.41, 5.74) is 5.11. The van der Waals surface area contributed by atoms with Gasteiger partial charge in [-0.15, -0.1) is 0 Å². The second kappa shape index (κ2) is 8.65. The number of anilines is 1. The number of ether oxygens (including phenoxy) is 2. The molecule has 4 N–H and O–H groups in total. The number of carbonyl (C=O) groups excluding carboxylic acids is 2. The number of halogens is 1. The fraction of sp³-hybridized carbons (Fsp3) is 0.611. The third-order valence-electron chi connectivity index (χ3n) is 4.17. The second-order valence-corrected chi connectivity index (χ2v) is 8.05. The minimum absolute atomic E-state index is 0.111. The maximum absolute atomic E-state index is 11.9. The Balaban J connectivity index is 1.92. The lowest BCUT2D eigenvalue weighted by atomic mass is 9.93. The van der Waals surface area contributed by atoms with Crippen LogP contribution in [0.4, 0.5) is 10.6 Å². The van der Waals surface area contributed by atoms with Gasteiger partial charge >= 0.3 is 6.09 Å². The van der Waals surface area contributed by atoms with Crippen molar-refractivity contribution in [2.75, 3.05) is 12.4 Å². The fourth-order valence-corrected chi connectivity index (χ4v) is 3.12. The minimum atomic E-state index is -0.654. The summed E-state index contributed by atoms with van der Waals surface area (Å²) >= 11 is 6.21. The first-order valence-corrected chi connectivity index (χ1v) is 9.26. The molecule has 0 radical (unpaired) electrons. The Bertz CT molecular complexity index is 697. The molecule has 150 valence electrons. The van der Waals surface area contributed by atoms with E-state index in [1.807, 2.05) is 20.8 Å². The zero-order valence-corrected chi connectivity index (χ0v) is 16.9. The molecule has 0 aliphatic heterocycles. The van der Waals surface area contributed by atoms with Gasteiger partial charge in [-0.05, 0) is 52.5 Å². The molecular formula is C18H27ClN4O4. The predicted molar refractivity (Wildman–Crippen MR) is 103 cm³/mol. The van der Waals surface area contributed by atoms with Crippen LogP contribution in [-0.2, 0) is 4.74 Å². The summed E-state index contributed by atoms with van der Waals surface area (Å²) in [7, 11) is 1.41. The van der Waals surface area contributed by atoms with Crippen molar-refractivity contribution in [1.82, 2.24) is 10.3 Å². The molecule has 1 aliphatic rings. The van der Waals surface area contributed by atoms with Gasteiger partial charge in [-0.2, -0.15) is 4.98 Å². The van der Waals surface area contributed by atoms with E-state index in [4.69, 9.17) is 26.8 Å². The van der Waals surface area contributed by atoms with Crippen LogP contribution < -0.4 is 21.1 Å². The van der Waals surface area contributed by atoms with Crippen LogP contribution in [0.25, 0.3) is 0 Å². The number of aromatic nitrogens is 1. The molecule has 1 aromatic heterocycles. The lowest BCUT2D eigenvalue weighted by molar-refractivity contribution is 0.0682.